The second-order valence-electron chi connectivity index (χ2n) is 4.22. The van der Waals surface area contributed by atoms with Gasteiger partial charge in [-0.3, -0.25) is 5.43 Å². The minimum atomic E-state index is -0.685. The van der Waals surface area contributed by atoms with Crippen LogP contribution < -0.4 is 10.2 Å². The van der Waals surface area contributed by atoms with Crippen molar-refractivity contribution >= 4 is 5.97 Å². The number of hydrogen-bond donors (Lipinski definition) is 2. The molecule has 5 nitrogen and oxygen atoms in total. The number of para-hydroxylation sites is 1. The van der Waals surface area contributed by atoms with Crippen molar-refractivity contribution in [1.29, 1.82) is 5.53 Å². The van der Waals surface area contributed by atoms with E-state index in [0.717, 1.165) is 5.56 Å². The highest BCUT2D eigenvalue weighted by atomic mass is 16.5. The van der Waals surface area contributed by atoms with Crippen LogP contribution in [0.5, 0.6) is 5.75 Å². The Morgan fingerprint density at radius 2 is 1.70 bits per heavy atom. The predicted octanol–water partition coefficient (Wildman–Crippen LogP) is 2.74. The van der Waals surface area contributed by atoms with Crippen LogP contribution in [0.3, 0.4) is 0 Å². The normalized spacial score (nSPS) is 11.4. The standard InChI is InChI=1S/C15H15N3O2/c16-18-17-14(11-12-7-3-1-4-8-12)15(19)20-13-9-5-2-6-10-13/h1-10,14H,11H2,(H2,16,17)/t14-/m0/s1. The van der Waals surface area contributed by atoms with E-state index in [1.165, 1.54) is 0 Å². The second-order valence-corrected chi connectivity index (χ2v) is 4.22. The smallest absolute Gasteiger partial charge is 0.336 e. The van der Waals surface area contributed by atoms with Crippen molar-refractivity contribution in [2.75, 3.05) is 0 Å². The summed E-state index contributed by atoms with van der Waals surface area (Å²) in [5.74, 6) is 0.0124. The number of rotatable bonds is 6. The number of esters is 1. The molecule has 2 N–H and O–H groups in total. The Balaban J connectivity index is 2.04. The third kappa shape index (κ3) is 3.91. The van der Waals surface area contributed by atoms with Crippen LogP contribution in [-0.4, -0.2) is 12.0 Å². The van der Waals surface area contributed by atoms with E-state index in [2.05, 4.69) is 10.6 Å². The lowest BCUT2D eigenvalue weighted by molar-refractivity contribution is -0.136. The van der Waals surface area contributed by atoms with Gasteiger partial charge in [0.15, 0.2) is 0 Å². The Morgan fingerprint density at radius 1 is 1.10 bits per heavy atom. The number of hydrogen-bond acceptors (Lipinski definition) is 4. The Bertz CT molecular complexity index is 558. The third-order valence-electron chi connectivity index (χ3n) is 2.75. The largest absolute Gasteiger partial charge is 0.425 e. The van der Waals surface area contributed by atoms with Crippen LogP contribution in [0.4, 0.5) is 0 Å². The maximum atomic E-state index is 12.1. The van der Waals surface area contributed by atoms with Gasteiger partial charge in [-0.1, -0.05) is 53.8 Å². The molecule has 0 bridgehead atoms. The molecule has 0 saturated heterocycles. The second kappa shape index (κ2) is 7.04. The molecule has 0 unspecified atom stereocenters. The van der Waals surface area contributed by atoms with Gasteiger partial charge in [0.2, 0.25) is 0 Å². The number of carbonyl (C=O) groups excluding carboxylic acids is 1. The van der Waals surface area contributed by atoms with Crippen LogP contribution in [0.15, 0.2) is 65.9 Å². The SMILES string of the molecule is N=NN[C@@H](Cc1ccccc1)C(=O)Oc1ccccc1. The summed E-state index contributed by atoms with van der Waals surface area (Å²) < 4.78 is 5.26. The summed E-state index contributed by atoms with van der Waals surface area (Å²) in [4.78, 5) is 12.1. The lowest BCUT2D eigenvalue weighted by atomic mass is 10.1. The first-order valence-electron chi connectivity index (χ1n) is 6.22. The summed E-state index contributed by atoms with van der Waals surface area (Å²) in [7, 11) is 0. The summed E-state index contributed by atoms with van der Waals surface area (Å²) in [6.07, 6.45) is 0.412. The molecule has 1 atom stereocenters. The fourth-order valence-electron chi connectivity index (χ4n) is 1.79. The monoisotopic (exact) mass is 269 g/mol. The van der Waals surface area contributed by atoms with Crippen LogP contribution in [0.1, 0.15) is 5.56 Å². The van der Waals surface area contributed by atoms with Gasteiger partial charge in [-0.15, -0.1) is 0 Å². The van der Waals surface area contributed by atoms with Crippen molar-refractivity contribution in [2.24, 2.45) is 5.22 Å². The Kier molecular flexibility index (Phi) is 4.83. The molecule has 5 heteroatoms. The summed E-state index contributed by atoms with van der Waals surface area (Å²) in [6.45, 7) is 0. The highest BCUT2D eigenvalue weighted by molar-refractivity contribution is 5.78. The van der Waals surface area contributed by atoms with Gasteiger partial charge in [-0.2, -0.15) is 5.53 Å². The van der Waals surface area contributed by atoms with Crippen LogP contribution in [0, 0.1) is 5.53 Å². The molecule has 0 aliphatic heterocycles. The number of nitrogens with zero attached hydrogens (tertiary/aromatic N) is 1. The van der Waals surface area contributed by atoms with E-state index in [1.807, 2.05) is 36.4 Å². The number of nitrogens with one attached hydrogen (secondary N) is 2. The van der Waals surface area contributed by atoms with Crippen molar-refractivity contribution in [3.8, 4) is 5.75 Å². The van der Waals surface area contributed by atoms with E-state index in [4.69, 9.17) is 10.3 Å². The Labute approximate surface area is 117 Å². The van der Waals surface area contributed by atoms with Gasteiger partial charge in [0.1, 0.15) is 11.8 Å². The molecule has 0 aliphatic carbocycles. The molecule has 0 aliphatic rings. The first kappa shape index (κ1) is 13.7. The maximum Gasteiger partial charge on any atom is 0.336 e. The number of benzene rings is 2. The summed E-state index contributed by atoms with van der Waals surface area (Å²) in [5, 5.41) is 3.09. The number of carbonyl (C=O) groups is 1. The molecule has 0 radical (unpaired) electrons. The molecule has 0 spiro atoms. The molecule has 0 amide bonds. The first-order valence-corrected chi connectivity index (χ1v) is 6.22. The molecule has 2 rings (SSSR count). The fraction of sp³-hybridized carbons (Fsp3) is 0.133. The van der Waals surface area contributed by atoms with Gasteiger partial charge >= 0.3 is 5.97 Å². The zero-order chi connectivity index (χ0) is 14.2. The fourth-order valence-corrected chi connectivity index (χ4v) is 1.79. The van der Waals surface area contributed by atoms with Crippen LogP contribution in [0.25, 0.3) is 0 Å². The van der Waals surface area contributed by atoms with Gasteiger partial charge in [-0.25, -0.2) is 4.79 Å². The van der Waals surface area contributed by atoms with Crippen LogP contribution >= 0.6 is 0 Å². The molecule has 0 fully saturated rings. The molecule has 20 heavy (non-hydrogen) atoms. The molecule has 0 aromatic heterocycles. The average Bonchev–Trinajstić information content (AvgIpc) is 2.49. The van der Waals surface area contributed by atoms with E-state index >= 15 is 0 Å². The van der Waals surface area contributed by atoms with Gasteiger partial charge < -0.3 is 4.74 Å². The quantitative estimate of drug-likeness (QED) is 0.366. The van der Waals surface area contributed by atoms with Gasteiger partial charge in [0.05, 0.1) is 0 Å². The maximum absolute atomic E-state index is 12.1. The van der Waals surface area contributed by atoms with Crippen molar-refractivity contribution in [2.45, 2.75) is 12.5 Å². The lowest BCUT2D eigenvalue weighted by Crippen LogP contribution is -2.38. The van der Waals surface area contributed by atoms with Crippen molar-refractivity contribution < 1.29 is 9.53 Å². The molecular formula is C15H15N3O2. The van der Waals surface area contributed by atoms with Crippen molar-refractivity contribution in [3.05, 3.63) is 66.2 Å². The predicted molar refractivity (Wildman–Crippen MR) is 74.3 cm³/mol. The summed E-state index contributed by atoms with van der Waals surface area (Å²) in [6, 6.07) is 17.7. The molecule has 0 saturated carbocycles. The minimum absolute atomic E-state index is 0.412. The van der Waals surface area contributed by atoms with Gasteiger partial charge in [0.25, 0.3) is 0 Å². The topological polar surface area (TPSA) is 74.5 Å². The number of ether oxygens (including phenoxy) is 1. The van der Waals surface area contributed by atoms with E-state index in [0.29, 0.717) is 12.2 Å². The molecular weight excluding hydrogens is 254 g/mol. The Morgan fingerprint density at radius 3 is 2.30 bits per heavy atom. The van der Waals surface area contributed by atoms with Crippen molar-refractivity contribution in [1.82, 2.24) is 5.43 Å². The Hall–Kier alpha value is -2.69. The van der Waals surface area contributed by atoms with E-state index < -0.39 is 12.0 Å². The zero-order valence-electron chi connectivity index (χ0n) is 10.8. The van der Waals surface area contributed by atoms with Crippen LogP contribution in [-0.2, 0) is 11.2 Å². The molecule has 2 aromatic rings. The third-order valence-corrected chi connectivity index (χ3v) is 2.75. The van der Waals surface area contributed by atoms with Crippen LogP contribution in [0.2, 0.25) is 0 Å². The average molecular weight is 269 g/mol. The highest BCUT2D eigenvalue weighted by Gasteiger charge is 2.20. The van der Waals surface area contributed by atoms with E-state index in [1.54, 1.807) is 24.3 Å². The summed E-state index contributed by atoms with van der Waals surface area (Å²) in [5.41, 5.74) is 10.3. The zero-order valence-corrected chi connectivity index (χ0v) is 10.8. The molecule has 0 heterocycles. The van der Waals surface area contributed by atoms with Crippen molar-refractivity contribution in [3.63, 3.8) is 0 Å². The minimum Gasteiger partial charge on any atom is -0.425 e. The van der Waals surface area contributed by atoms with E-state index in [-0.39, 0.29) is 0 Å². The molecule has 2 aromatic carbocycles. The lowest BCUT2D eigenvalue weighted by Gasteiger charge is -2.14. The van der Waals surface area contributed by atoms with Gasteiger partial charge in [-0.05, 0) is 17.7 Å². The van der Waals surface area contributed by atoms with E-state index in [9.17, 15) is 4.79 Å². The molecule has 102 valence electrons. The summed E-state index contributed by atoms with van der Waals surface area (Å²) >= 11 is 0. The first-order chi connectivity index (χ1) is 9.79. The highest BCUT2D eigenvalue weighted by Crippen LogP contribution is 2.11. The van der Waals surface area contributed by atoms with Gasteiger partial charge in [0, 0.05) is 6.42 Å².